The number of carbonyl (C=O) groups is 1. The van der Waals surface area contributed by atoms with Crippen LogP contribution in [0.15, 0.2) is 53.3 Å². The Balaban J connectivity index is 1.56. The number of nitrogens with zero attached hydrogens (tertiary/aromatic N) is 5. The van der Waals surface area contributed by atoms with Gasteiger partial charge in [-0.15, -0.1) is 11.3 Å². The molecule has 0 aliphatic heterocycles. The number of ether oxygens (including phenoxy) is 2. The Labute approximate surface area is 245 Å². The zero-order valence-corrected chi connectivity index (χ0v) is 24.5. The number of thiophene rings is 1. The van der Waals surface area contributed by atoms with Crippen LogP contribution in [0.4, 0.5) is 0 Å². The van der Waals surface area contributed by atoms with Crippen LogP contribution in [-0.2, 0) is 17.6 Å². The molecule has 42 heavy (non-hydrogen) atoms. The fourth-order valence-electron chi connectivity index (χ4n) is 5.86. The van der Waals surface area contributed by atoms with E-state index in [-0.39, 0.29) is 12.2 Å². The van der Waals surface area contributed by atoms with Crippen LogP contribution in [0.25, 0.3) is 43.9 Å². The fourth-order valence-corrected chi connectivity index (χ4v) is 7.28. The number of fused-ring (bicyclic) bond motifs is 5. The van der Waals surface area contributed by atoms with E-state index < -0.39 is 5.97 Å². The van der Waals surface area contributed by atoms with E-state index in [1.54, 1.807) is 18.4 Å². The molecular formula is C32H29N5O4S. The molecule has 4 aromatic heterocycles. The van der Waals surface area contributed by atoms with Gasteiger partial charge in [-0.2, -0.15) is 0 Å². The maximum atomic E-state index is 14.6. The summed E-state index contributed by atoms with van der Waals surface area (Å²) < 4.78 is 14.6. The first-order chi connectivity index (χ1) is 20.5. The summed E-state index contributed by atoms with van der Waals surface area (Å²) in [5, 5.41) is 0.914. The Morgan fingerprint density at radius 2 is 1.64 bits per heavy atom. The lowest BCUT2D eigenvalue weighted by Crippen LogP contribution is -2.24. The largest absolute Gasteiger partial charge is 0.494 e. The molecule has 7 rings (SSSR count). The van der Waals surface area contributed by atoms with Gasteiger partial charge in [-0.3, -0.25) is 13.9 Å². The molecule has 0 bridgehead atoms. The number of carbonyl (C=O) groups excluding carboxylic acids is 1. The van der Waals surface area contributed by atoms with Crippen molar-refractivity contribution < 1.29 is 14.3 Å². The van der Waals surface area contributed by atoms with Gasteiger partial charge >= 0.3 is 5.97 Å². The Hall–Kier alpha value is -4.57. The predicted molar refractivity (Wildman–Crippen MR) is 164 cm³/mol. The summed E-state index contributed by atoms with van der Waals surface area (Å²) in [6, 6.07) is 15.2. The first-order valence-electron chi connectivity index (χ1n) is 14.3. The molecule has 0 spiro atoms. The molecule has 1 aliphatic rings. The van der Waals surface area contributed by atoms with Crippen molar-refractivity contribution in [3.8, 4) is 16.4 Å². The third kappa shape index (κ3) is 4.08. The number of benzene rings is 2. The highest BCUT2D eigenvalue weighted by Crippen LogP contribution is 2.38. The van der Waals surface area contributed by atoms with E-state index in [1.807, 2.05) is 60.0 Å². The minimum atomic E-state index is -0.402. The van der Waals surface area contributed by atoms with Gasteiger partial charge in [-0.25, -0.2) is 19.7 Å². The molecular weight excluding hydrogens is 550 g/mol. The van der Waals surface area contributed by atoms with Crippen molar-refractivity contribution in [2.45, 2.75) is 46.5 Å². The van der Waals surface area contributed by atoms with Gasteiger partial charge in [0.15, 0.2) is 11.3 Å². The number of hydrogen-bond donors (Lipinski definition) is 0. The second-order valence-electron chi connectivity index (χ2n) is 10.3. The van der Waals surface area contributed by atoms with Gasteiger partial charge in [-0.1, -0.05) is 12.1 Å². The number of aryl methyl sites for hydroxylation is 2. The quantitative estimate of drug-likeness (QED) is 0.220. The van der Waals surface area contributed by atoms with Crippen LogP contribution in [-0.4, -0.2) is 43.3 Å². The molecule has 0 amide bonds. The average Bonchev–Trinajstić information content (AvgIpc) is 3.52. The first-order valence-corrected chi connectivity index (χ1v) is 15.1. The van der Waals surface area contributed by atoms with Crippen molar-refractivity contribution in [3.63, 3.8) is 0 Å². The number of esters is 1. The minimum absolute atomic E-state index is 0.256. The Bertz CT molecular complexity index is 2070. The van der Waals surface area contributed by atoms with Crippen molar-refractivity contribution in [2.24, 2.45) is 0 Å². The summed E-state index contributed by atoms with van der Waals surface area (Å²) in [4.78, 5) is 43.9. The van der Waals surface area contributed by atoms with Crippen LogP contribution in [0, 0.1) is 6.92 Å². The lowest BCUT2D eigenvalue weighted by atomic mass is 9.95. The minimum Gasteiger partial charge on any atom is -0.494 e. The molecule has 0 N–H and O–H groups in total. The van der Waals surface area contributed by atoms with Crippen LogP contribution >= 0.6 is 11.3 Å². The van der Waals surface area contributed by atoms with Crippen LogP contribution in [0.1, 0.15) is 53.3 Å². The molecule has 10 heteroatoms. The second kappa shape index (κ2) is 10.4. The number of hydrogen-bond acceptors (Lipinski definition) is 8. The highest BCUT2D eigenvalue weighted by molar-refractivity contribution is 7.15. The van der Waals surface area contributed by atoms with Gasteiger partial charge in [0.05, 0.1) is 29.8 Å². The van der Waals surface area contributed by atoms with Gasteiger partial charge in [0.2, 0.25) is 0 Å². The van der Waals surface area contributed by atoms with Crippen molar-refractivity contribution >= 4 is 50.5 Å². The number of aromatic nitrogens is 5. The van der Waals surface area contributed by atoms with Crippen molar-refractivity contribution in [2.75, 3.05) is 13.2 Å². The van der Waals surface area contributed by atoms with E-state index in [4.69, 9.17) is 24.4 Å². The van der Waals surface area contributed by atoms with E-state index in [1.165, 1.54) is 11.3 Å². The molecule has 1 aliphatic carbocycles. The fraction of sp³-hybridized carbons (Fsp3) is 0.281. The smallest absolute Gasteiger partial charge is 0.341 e. The topological polar surface area (TPSA) is 101 Å². The van der Waals surface area contributed by atoms with Crippen molar-refractivity contribution in [3.05, 3.63) is 80.7 Å². The normalized spacial score (nSPS) is 13.1. The van der Waals surface area contributed by atoms with Crippen molar-refractivity contribution in [1.29, 1.82) is 0 Å². The van der Waals surface area contributed by atoms with Gasteiger partial charge in [-0.05, 0) is 88.4 Å². The van der Waals surface area contributed by atoms with Crippen LogP contribution < -0.4 is 10.3 Å². The van der Waals surface area contributed by atoms with E-state index in [0.29, 0.717) is 56.2 Å². The molecule has 0 atom stereocenters. The predicted octanol–water partition coefficient (Wildman–Crippen LogP) is 6.10. The standard InChI is InChI=1S/C32H29N5O4S/c1-4-40-20-16-14-19(15-17-20)37-28-26(27-29(37)35-23-12-8-7-11-22(23)34-27)30(38)36(18(3)33-28)31-25(32(39)41-5-2)21-10-6-9-13-24(21)42-31/h7-8,11-12,14-17H,4-6,9-10,13H2,1-3H3. The summed E-state index contributed by atoms with van der Waals surface area (Å²) in [7, 11) is 0. The lowest BCUT2D eigenvalue weighted by Gasteiger charge is -2.13. The molecule has 0 radical (unpaired) electrons. The zero-order valence-electron chi connectivity index (χ0n) is 23.6. The zero-order chi connectivity index (χ0) is 29.0. The molecule has 9 nitrogen and oxygen atoms in total. The van der Waals surface area contributed by atoms with Gasteiger partial charge < -0.3 is 9.47 Å². The summed E-state index contributed by atoms with van der Waals surface area (Å²) >= 11 is 1.49. The molecule has 0 fully saturated rings. The third-order valence-electron chi connectivity index (χ3n) is 7.69. The van der Waals surface area contributed by atoms with Crippen LogP contribution in [0.3, 0.4) is 0 Å². The molecule has 212 valence electrons. The Morgan fingerprint density at radius 3 is 2.38 bits per heavy atom. The lowest BCUT2D eigenvalue weighted by molar-refractivity contribution is 0.0525. The Morgan fingerprint density at radius 1 is 0.905 bits per heavy atom. The van der Waals surface area contributed by atoms with E-state index in [0.717, 1.165) is 47.6 Å². The molecule has 0 saturated heterocycles. The van der Waals surface area contributed by atoms with E-state index in [9.17, 15) is 9.59 Å². The van der Waals surface area contributed by atoms with E-state index >= 15 is 0 Å². The highest BCUT2D eigenvalue weighted by Gasteiger charge is 2.30. The summed E-state index contributed by atoms with van der Waals surface area (Å²) in [6.45, 7) is 6.35. The maximum Gasteiger partial charge on any atom is 0.341 e. The van der Waals surface area contributed by atoms with Crippen molar-refractivity contribution in [1.82, 2.24) is 24.1 Å². The second-order valence-corrected chi connectivity index (χ2v) is 11.3. The maximum absolute atomic E-state index is 14.6. The van der Waals surface area contributed by atoms with Crippen LogP contribution in [0.5, 0.6) is 5.75 Å². The van der Waals surface area contributed by atoms with Crippen LogP contribution in [0.2, 0.25) is 0 Å². The molecule has 6 aromatic rings. The number of rotatable bonds is 6. The third-order valence-corrected chi connectivity index (χ3v) is 8.96. The molecule has 2 aromatic carbocycles. The summed E-state index contributed by atoms with van der Waals surface area (Å²) in [5.41, 5.74) is 4.82. The monoisotopic (exact) mass is 579 g/mol. The highest BCUT2D eigenvalue weighted by atomic mass is 32.1. The van der Waals surface area contributed by atoms with E-state index in [2.05, 4.69) is 0 Å². The summed E-state index contributed by atoms with van der Waals surface area (Å²) in [5.74, 6) is 0.815. The number of para-hydroxylation sites is 2. The molecule has 0 saturated carbocycles. The van der Waals surface area contributed by atoms with Gasteiger partial charge in [0.1, 0.15) is 27.5 Å². The molecule has 0 unspecified atom stereocenters. The SMILES string of the molecule is CCOC(=O)c1c(-n2c(C)nc3c(c2=O)c2nc4ccccc4nc2n3-c2ccc(OCC)cc2)sc2c1CCCC2. The summed E-state index contributed by atoms with van der Waals surface area (Å²) in [6.07, 6.45) is 3.72. The molecule has 4 heterocycles. The van der Waals surface area contributed by atoms with Gasteiger partial charge in [0.25, 0.3) is 5.56 Å². The van der Waals surface area contributed by atoms with Gasteiger partial charge in [0, 0.05) is 10.6 Å². The average molecular weight is 580 g/mol. The first kappa shape index (κ1) is 26.3. The Kier molecular flexibility index (Phi) is 6.50.